The van der Waals surface area contributed by atoms with Gasteiger partial charge in [-0.2, -0.15) is 0 Å². The molecule has 0 saturated heterocycles. The zero-order valence-electron chi connectivity index (χ0n) is 13.5. The van der Waals surface area contributed by atoms with Crippen molar-refractivity contribution in [3.05, 3.63) is 34.2 Å². The smallest absolute Gasteiger partial charge is 0.0625 e. The van der Waals surface area contributed by atoms with Gasteiger partial charge in [0.1, 0.15) is 0 Å². The fourth-order valence-electron chi connectivity index (χ4n) is 3.35. The number of hydrogen-bond donors (Lipinski definition) is 0. The summed E-state index contributed by atoms with van der Waals surface area (Å²) in [6.45, 7) is 6.49. The van der Waals surface area contributed by atoms with E-state index in [2.05, 4.69) is 55.2 Å². The molecule has 1 aromatic carbocycles. The van der Waals surface area contributed by atoms with Crippen LogP contribution >= 0.6 is 0 Å². The van der Waals surface area contributed by atoms with Gasteiger partial charge in [-0.05, 0) is 42.9 Å². The van der Waals surface area contributed by atoms with Crippen LogP contribution in [0.3, 0.4) is 0 Å². The molecule has 0 amide bonds. The second-order valence-corrected chi connectivity index (χ2v) is 6.37. The quantitative estimate of drug-likeness (QED) is 0.814. The van der Waals surface area contributed by atoms with Gasteiger partial charge in [-0.3, -0.25) is 4.99 Å². The van der Waals surface area contributed by atoms with Crippen LogP contribution in [0.5, 0.6) is 0 Å². The van der Waals surface area contributed by atoms with Crippen LogP contribution < -0.4 is 10.4 Å². The van der Waals surface area contributed by atoms with Gasteiger partial charge >= 0.3 is 0 Å². The average molecular weight is 282 g/mol. The van der Waals surface area contributed by atoms with Crippen LogP contribution in [0.2, 0.25) is 0 Å². The van der Waals surface area contributed by atoms with E-state index in [1.165, 1.54) is 41.0 Å². The molecule has 1 heterocycles. The minimum atomic E-state index is 0.771. The molecular weight excluding hydrogens is 256 g/mol. The van der Waals surface area contributed by atoms with E-state index in [4.69, 9.17) is 0 Å². The van der Waals surface area contributed by atoms with E-state index >= 15 is 0 Å². The maximum atomic E-state index is 4.51. The maximum Gasteiger partial charge on any atom is 0.0625 e. The Morgan fingerprint density at radius 3 is 2.76 bits per heavy atom. The van der Waals surface area contributed by atoms with E-state index in [9.17, 15) is 0 Å². The van der Waals surface area contributed by atoms with Gasteiger partial charge in [0.2, 0.25) is 0 Å². The number of nitrogens with zero attached hydrogens (tertiary/aromatic N) is 2. The van der Waals surface area contributed by atoms with Gasteiger partial charge in [0.15, 0.2) is 0 Å². The summed E-state index contributed by atoms with van der Waals surface area (Å²) in [6.07, 6.45) is 7.28. The zero-order chi connectivity index (χ0) is 14.8. The van der Waals surface area contributed by atoms with Gasteiger partial charge < -0.3 is 4.90 Å². The van der Waals surface area contributed by atoms with Crippen LogP contribution in [0.1, 0.15) is 51.0 Å². The van der Waals surface area contributed by atoms with Crippen molar-refractivity contribution in [3.8, 4) is 0 Å². The fraction of sp³-hybridized carbons (Fsp3) is 0.526. The first-order chi connectivity index (χ1) is 10.2. The number of aliphatic imine (C=N–C) groups is 1. The first-order valence-corrected chi connectivity index (χ1v) is 8.26. The Bertz CT molecular complexity index is 665. The highest BCUT2D eigenvalue weighted by atomic mass is 15.1. The SMILES string of the molecule is CC/C(C)=c1/c(C2CCC2)ccc/c1=C1\C=NCCN1C. The van der Waals surface area contributed by atoms with Crippen LogP contribution in [-0.2, 0) is 0 Å². The molecule has 112 valence electrons. The van der Waals surface area contributed by atoms with Gasteiger partial charge in [0, 0.05) is 25.0 Å². The predicted octanol–water partition coefficient (Wildman–Crippen LogP) is 2.66. The number of hydrogen-bond acceptors (Lipinski definition) is 2. The Kier molecular flexibility index (Phi) is 4.14. The van der Waals surface area contributed by atoms with E-state index in [1.54, 1.807) is 5.56 Å². The number of likely N-dealkylation sites (N-methyl/N-ethyl adjacent to an activating group) is 1. The molecule has 1 aliphatic carbocycles. The van der Waals surface area contributed by atoms with Crippen molar-refractivity contribution in [2.75, 3.05) is 20.1 Å². The number of benzene rings is 1. The lowest BCUT2D eigenvalue weighted by molar-refractivity contribution is 0.417. The Hall–Kier alpha value is -1.57. The molecule has 21 heavy (non-hydrogen) atoms. The monoisotopic (exact) mass is 282 g/mol. The van der Waals surface area contributed by atoms with Crippen molar-refractivity contribution in [3.63, 3.8) is 0 Å². The molecule has 0 radical (unpaired) electrons. The van der Waals surface area contributed by atoms with Gasteiger partial charge in [-0.25, -0.2) is 0 Å². The summed E-state index contributed by atoms with van der Waals surface area (Å²) < 4.78 is 0. The van der Waals surface area contributed by atoms with Gasteiger partial charge in [0.25, 0.3) is 0 Å². The average Bonchev–Trinajstić information content (AvgIpc) is 2.45. The standard InChI is InChI=1S/C19H26N2/c1-4-14(2)19-16(15-7-5-8-15)9-6-10-17(19)18-13-20-11-12-21(18)3/h6,9-10,13,15H,4-5,7-8,11-12H2,1-3H3/b18-17-,19-14-. The highest BCUT2D eigenvalue weighted by Crippen LogP contribution is 2.34. The second-order valence-electron chi connectivity index (χ2n) is 6.37. The molecule has 0 unspecified atom stereocenters. The molecule has 0 N–H and O–H groups in total. The van der Waals surface area contributed by atoms with Crippen LogP contribution in [0.15, 0.2) is 23.2 Å². The summed E-state index contributed by atoms with van der Waals surface area (Å²) in [5.74, 6) is 0.771. The lowest BCUT2D eigenvalue weighted by atomic mass is 9.78. The summed E-state index contributed by atoms with van der Waals surface area (Å²) in [6, 6.07) is 6.86. The molecule has 0 bridgehead atoms. The predicted molar refractivity (Wildman–Crippen MR) is 91.1 cm³/mol. The van der Waals surface area contributed by atoms with E-state index in [1.807, 2.05) is 0 Å². The van der Waals surface area contributed by atoms with Gasteiger partial charge in [-0.1, -0.05) is 37.1 Å². The van der Waals surface area contributed by atoms with Crippen LogP contribution in [0, 0.1) is 0 Å². The normalized spacial score (nSPS) is 23.1. The summed E-state index contributed by atoms with van der Waals surface area (Å²) in [7, 11) is 2.18. The largest absolute Gasteiger partial charge is 0.371 e. The first kappa shape index (κ1) is 14.4. The third-order valence-corrected chi connectivity index (χ3v) is 5.06. The summed E-state index contributed by atoms with van der Waals surface area (Å²) >= 11 is 0. The molecule has 0 spiro atoms. The van der Waals surface area contributed by atoms with Gasteiger partial charge in [0.05, 0.1) is 12.2 Å². The summed E-state index contributed by atoms with van der Waals surface area (Å²) in [4.78, 5) is 6.85. The molecule has 0 aromatic heterocycles. The van der Waals surface area contributed by atoms with Crippen molar-refractivity contribution < 1.29 is 0 Å². The van der Waals surface area contributed by atoms with E-state index in [0.29, 0.717) is 0 Å². The first-order valence-electron chi connectivity index (χ1n) is 8.26. The molecule has 2 nitrogen and oxygen atoms in total. The third kappa shape index (κ3) is 2.64. The van der Waals surface area contributed by atoms with E-state index in [0.717, 1.165) is 25.4 Å². The Labute approximate surface area is 127 Å². The van der Waals surface area contributed by atoms with E-state index in [-0.39, 0.29) is 0 Å². The minimum absolute atomic E-state index is 0.771. The van der Waals surface area contributed by atoms with Crippen molar-refractivity contribution in [2.45, 2.75) is 45.4 Å². The Morgan fingerprint density at radius 1 is 1.33 bits per heavy atom. The van der Waals surface area contributed by atoms with Crippen LogP contribution in [-0.4, -0.2) is 31.3 Å². The van der Waals surface area contributed by atoms with Crippen molar-refractivity contribution in [1.82, 2.24) is 4.90 Å². The summed E-state index contributed by atoms with van der Waals surface area (Å²) in [5, 5.41) is 2.88. The molecule has 1 fully saturated rings. The minimum Gasteiger partial charge on any atom is -0.371 e. The molecule has 1 saturated carbocycles. The van der Waals surface area contributed by atoms with Crippen molar-refractivity contribution >= 4 is 17.5 Å². The molecule has 0 atom stereocenters. The van der Waals surface area contributed by atoms with Crippen LogP contribution in [0.4, 0.5) is 0 Å². The highest BCUT2D eigenvalue weighted by molar-refractivity contribution is 6.01. The highest BCUT2D eigenvalue weighted by Gasteiger charge is 2.21. The zero-order valence-corrected chi connectivity index (χ0v) is 13.5. The molecule has 1 aromatic rings. The number of rotatable bonds is 2. The second kappa shape index (κ2) is 6.05. The molecule has 1 aliphatic heterocycles. The van der Waals surface area contributed by atoms with Crippen LogP contribution in [0.25, 0.3) is 11.3 Å². The summed E-state index contributed by atoms with van der Waals surface area (Å²) in [5.41, 5.74) is 4.36. The third-order valence-electron chi connectivity index (χ3n) is 5.06. The Morgan fingerprint density at radius 2 is 2.14 bits per heavy atom. The topological polar surface area (TPSA) is 15.6 Å². The van der Waals surface area contributed by atoms with Gasteiger partial charge in [-0.15, -0.1) is 0 Å². The van der Waals surface area contributed by atoms with Crippen molar-refractivity contribution in [1.29, 1.82) is 0 Å². The molecular formula is C19H26N2. The van der Waals surface area contributed by atoms with Crippen molar-refractivity contribution in [2.24, 2.45) is 4.99 Å². The lowest BCUT2D eigenvalue weighted by Gasteiger charge is -2.28. The Balaban J connectivity index is 2.33. The molecule has 2 aliphatic rings. The molecule has 3 rings (SSSR count). The van der Waals surface area contributed by atoms with E-state index < -0.39 is 0 Å². The maximum absolute atomic E-state index is 4.51. The lowest BCUT2D eigenvalue weighted by Crippen LogP contribution is -2.40. The molecule has 2 heteroatoms. The fourth-order valence-corrected chi connectivity index (χ4v) is 3.35.